The molecule has 0 bridgehead atoms. The van der Waals surface area contributed by atoms with Gasteiger partial charge in [0.2, 0.25) is 10.9 Å². The fraction of sp³-hybridized carbons (Fsp3) is 0.238. The minimum Gasteiger partial charge on any atom is -0.463 e. The fourth-order valence-electron chi connectivity index (χ4n) is 3.26. The zero-order chi connectivity index (χ0) is 22.4. The highest BCUT2D eigenvalue weighted by Crippen LogP contribution is 2.29. The van der Waals surface area contributed by atoms with Gasteiger partial charge in [-0.25, -0.2) is 13.2 Å². The van der Waals surface area contributed by atoms with Crippen LogP contribution in [0.5, 0.6) is 0 Å². The third-order valence-electron chi connectivity index (χ3n) is 4.68. The van der Waals surface area contributed by atoms with Gasteiger partial charge in [-0.1, -0.05) is 11.6 Å². The van der Waals surface area contributed by atoms with E-state index in [4.69, 9.17) is 16.3 Å². The molecule has 3 rings (SSSR count). The first-order valence-corrected chi connectivity index (χ1v) is 11.2. The molecule has 10 heteroatoms. The van der Waals surface area contributed by atoms with Crippen molar-refractivity contribution >= 4 is 45.7 Å². The number of anilines is 2. The summed E-state index contributed by atoms with van der Waals surface area (Å²) in [6.07, 6.45) is 1.06. The molecule has 2 aromatic carbocycles. The van der Waals surface area contributed by atoms with Crippen molar-refractivity contribution in [2.75, 3.05) is 16.6 Å². The van der Waals surface area contributed by atoms with Gasteiger partial charge < -0.3 is 15.4 Å². The van der Waals surface area contributed by atoms with Gasteiger partial charge in [0, 0.05) is 22.0 Å². The maximum atomic E-state index is 12.8. The van der Waals surface area contributed by atoms with Gasteiger partial charge in [-0.05, 0) is 68.3 Å². The van der Waals surface area contributed by atoms with Crippen LogP contribution in [-0.4, -0.2) is 32.9 Å². The number of nitrogens with one attached hydrogen (secondary N) is 3. The van der Waals surface area contributed by atoms with Gasteiger partial charge in [-0.3, -0.25) is 9.52 Å². The van der Waals surface area contributed by atoms with E-state index in [0.29, 0.717) is 40.4 Å². The van der Waals surface area contributed by atoms with Crippen molar-refractivity contribution in [2.24, 2.45) is 0 Å². The molecule has 0 aromatic heterocycles. The minimum absolute atomic E-state index is 0.231. The smallest absolute Gasteiger partial charge is 0.335 e. The van der Waals surface area contributed by atoms with Crippen molar-refractivity contribution < 1.29 is 22.7 Å². The number of amides is 1. The van der Waals surface area contributed by atoms with Gasteiger partial charge in [-0.15, -0.1) is 0 Å². The van der Waals surface area contributed by atoms with Crippen LogP contribution in [0.4, 0.5) is 11.4 Å². The van der Waals surface area contributed by atoms with Crippen LogP contribution >= 0.6 is 11.6 Å². The molecule has 0 saturated heterocycles. The molecule has 1 atom stereocenters. The van der Waals surface area contributed by atoms with E-state index in [2.05, 4.69) is 15.4 Å². The molecule has 0 aliphatic heterocycles. The van der Waals surface area contributed by atoms with Crippen LogP contribution in [0.15, 0.2) is 59.8 Å². The van der Waals surface area contributed by atoms with E-state index in [1.807, 2.05) is 12.1 Å². The standard InChI is InChI=1S/C21H22ClN3O5S/c1-2-30-21(27)17-11-12-18(23-15-9-5-14(22)6-10-15)19(17)24-20(26)13-3-7-16(8-4-13)25-31(28)29/h3-10,18,23,31H,2,11-12H2,1H3,(H,24,26)(H,25,28,29). The number of hydrogen-bond acceptors (Lipinski definition) is 6. The molecular weight excluding hydrogens is 442 g/mol. The number of rotatable bonds is 8. The second-order valence-corrected chi connectivity index (χ2v) is 7.93. The Morgan fingerprint density at radius 3 is 2.32 bits per heavy atom. The predicted octanol–water partition coefficient (Wildman–Crippen LogP) is 3.10. The molecule has 2 aromatic rings. The summed E-state index contributed by atoms with van der Waals surface area (Å²) in [4.78, 5) is 25.2. The first kappa shape index (κ1) is 22.6. The van der Waals surface area contributed by atoms with Crippen molar-refractivity contribution in [3.63, 3.8) is 0 Å². The van der Waals surface area contributed by atoms with E-state index >= 15 is 0 Å². The number of ether oxygens (including phenoxy) is 1. The highest BCUT2D eigenvalue weighted by atomic mass is 35.5. The van der Waals surface area contributed by atoms with Gasteiger partial charge >= 0.3 is 5.97 Å². The highest BCUT2D eigenvalue weighted by Gasteiger charge is 2.31. The number of thiol groups is 1. The summed E-state index contributed by atoms with van der Waals surface area (Å²) in [5.41, 5.74) is 2.35. The Labute approximate surface area is 186 Å². The predicted molar refractivity (Wildman–Crippen MR) is 120 cm³/mol. The molecule has 31 heavy (non-hydrogen) atoms. The number of hydrogen-bond donors (Lipinski definition) is 4. The van der Waals surface area contributed by atoms with Crippen LogP contribution in [0.25, 0.3) is 0 Å². The SMILES string of the molecule is CCOC(=O)C1=C(NC(=O)c2ccc(N[SH](=O)=O)cc2)C(Nc2ccc(Cl)cc2)CC1. The van der Waals surface area contributed by atoms with Crippen LogP contribution in [0.2, 0.25) is 5.02 Å². The molecule has 0 radical (unpaired) electrons. The van der Waals surface area contributed by atoms with Crippen molar-refractivity contribution in [2.45, 2.75) is 25.8 Å². The third-order valence-corrected chi connectivity index (χ3v) is 5.37. The fourth-order valence-corrected chi connectivity index (χ4v) is 3.74. The van der Waals surface area contributed by atoms with E-state index in [1.165, 1.54) is 24.3 Å². The summed E-state index contributed by atoms with van der Waals surface area (Å²) in [6, 6.07) is 12.8. The monoisotopic (exact) mass is 463 g/mol. The molecule has 8 nitrogen and oxygen atoms in total. The maximum Gasteiger partial charge on any atom is 0.335 e. The Kier molecular flexibility index (Phi) is 7.54. The molecule has 1 aliphatic carbocycles. The first-order valence-electron chi connectivity index (χ1n) is 9.62. The molecule has 0 spiro atoms. The lowest BCUT2D eigenvalue weighted by Crippen LogP contribution is -2.33. The molecule has 1 aliphatic rings. The topological polar surface area (TPSA) is 114 Å². The Morgan fingerprint density at radius 1 is 1.06 bits per heavy atom. The quantitative estimate of drug-likeness (QED) is 0.353. The lowest BCUT2D eigenvalue weighted by molar-refractivity contribution is -0.138. The third kappa shape index (κ3) is 5.99. The number of carbonyl (C=O) groups is 2. The van der Waals surface area contributed by atoms with E-state index in [9.17, 15) is 18.0 Å². The van der Waals surface area contributed by atoms with Crippen molar-refractivity contribution in [3.05, 3.63) is 70.4 Å². The normalized spacial score (nSPS) is 15.6. The Morgan fingerprint density at radius 2 is 1.71 bits per heavy atom. The summed E-state index contributed by atoms with van der Waals surface area (Å²) < 4.78 is 28.9. The van der Waals surface area contributed by atoms with Gasteiger partial charge in [0.05, 0.1) is 23.9 Å². The number of halogens is 1. The van der Waals surface area contributed by atoms with Crippen LogP contribution in [0.3, 0.4) is 0 Å². The van der Waals surface area contributed by atoms with Crippen LogP contribution < -0.4 is 15.4 Å². The van der Waals surface area contributed by atoms with Crippen molar-refractivity contribution in [1.82, 2.24) is 5.32 Å². The molecule has 0 fully saturated rings. The maximum absolute atomic E-state index is 12.8. The Hall–Kier alpha value is -3.04. The lowest BCUT2D eigenvalue weighted by atomic mass is 10.1. The molecule has 0 heterocycles. The number of benzene rings is 2. The van der Waals surface area contributed by atoms with E-state index in [0.717, 1.165) is 5.69 Å². The van der Waals surface area contributed by atoms with E-state index in [1.54, 1.807) is 19.1 Å². The molecule has 0 saturated carbocycles. The number of esters is 1. The number of carbonyl (C=O) groups excluding carboxylic acids is 2. The zero-order valence-corrected chi connectivity index (χ0v) is 18.3. The summed E-state index contributed by atoms with van der Waals surface area (Å²) in [5, 5.41) is 6.76. The van der Waals surface area contributed by atoms with E-state index < -0.39 is 22.8 Å². The molecule has 1 unspecified atom stereocenters. The average Bonchev–Trinajstić information content (AvgIpc) is 3.12. The summed E-state index contributed by atoms with van der Waals surface area (Å²) in [7, 11) is -2.79. The van der Waals surface area contributed by atoms with Crippen molar-refractivity contribution in [3.8, 4) is 0 Å². The molecule has 3 N–H and O–H groups in total. The first-order chi connectivity index (χ1) is 14.9. The second-order valence-electron chi connectivity index (χ2n) is 6.76. The Bertz CT molecular complexity index is 1060. The minimum atomic E-state index is -2.79. The summed E-state index contributed by atoms with van der Waals surface area (Å²) in [6.45, 7) is 1.95. The zero-order valence-electron chi connectivity index (χ0n) is 16.7. The summed E-state index contributed by atoms with van der Waals surface area (Å²) in [5.74, 6) is -0.878. The molecular formula is C21H22ClN3O5S. The largest absolute Gasteiger partial charge is 0.463 e. The highest BCUT2D eigenvalue weighted by molar-refractivity contribution is 7.73. The van der Waals surface area contributed by atoms with Gasteiger partial charge in [0.1, 0.15) is 0 Å². The molecule has 164 valence electrons. The van der Waals surface area contributed by atoms with Gasteiger partial charge in [-0.2, -0.15) is 0 Å². The van der Waals surface area contributed by atoms with Gasteiger partial charge in [0.25, 0.3) is 5.91 Å². The Balaban J connectivity index is 1.82. The second kappa shape index (κ2) is 10.3. The van der Waals surface area contributed by atoms with Crippen LogP contribution in [0, 0.1) is 0 Å². The van der Waals surface area contributed by atoms with Crippen molar-refractivity contribution in [1.29, 1.82) is 0 Å². The molecule has 1 amide bonds. The lowest BCUT2D eigenvalue weighted by Gasteiger charge is -2.20. The van der Waals surface area contributed by atoms with Crippen LogP contribution in [0.1, 0.15) is 30.1 Å². The average molecular weight is 464 g/mol. The van der Waals surface area contributed by atoms with Gasteiger partial charge in [0.15, 0.2) is 0 Å². The van der Waals surface area contributed by atoms with E-state index in [-0.39, 0.29) is 12.6 Å². The summed E-state index contributed by atoms with van der Waals surface area (Å²) >= 11 is 5.94. The van der Waals surface area contributed by atoms with Crippen LogP contribution in [-0.2, 0) is 20.4 Å².